The Hall–Kier alpha value is -0.710. The molecule has 0 bridgehead atoms. The van der Waals surface area contributed by atoms with Crippen molar-refractivity contribution in [2.75, 3.05) is 7.05 Å². The molecule has 0 radical (unpaired) electrons. The maximum atomic E-state index is 14.4. The van der Waals surface area contributed by atoms with Crippen molar-refractivity contribution in [3.63, 3.8) is 0 Å². The molecule has 0 saturated heterocycles. The standard InChI is InChI=1S/C16H17BrFNS/c1-19-16(12-5-2-6-13(17)15(12)18)11-4-3-7-14-10(11)8-9-20-14/h2,5-6,8-9,11,16,19H,3-4,7H2,1H3. The van der Waals surface area contributed by atoms with Gasteiger partial charge in [-0.3, -0.25) is 0 Å². The van der Waals surface area contributed by atoms with Crippen molar-refractivity contribution < 1.29 is 4.39 Å². The lowest BCUT2D eigenvalue weighted by Gasteiger charge is -2.31. The fraction of sp³-hybridized carbons (Fsp3) is 0.375. The minimum absolute atomic E-state index is 0.0288. The SMILES string of the molecule is CNC(c1cccc(Br)c1F)C1CCCc2sccc21. The molecule has 4 heteroatoms. The number of aryl methyl sites for hydroxylation is 1. The molecule has 1 aromatic heterocycles. The van der Waals surface area contributed by atoms with Crippen LogP contribution < -0.4 is 5.32 Å². The number of likely N-dealkylation sites (N-methyl/N-ethyl adjacent to an activating group) is 1. The first-order valence-electron chi connectivity index (χ1n) is 6.89. The van der Waals surface area contributed by atoms with E-state index < -0.39 is 0 Å². The molecule has 0 saturated carbocycles. The van der Waals surface area contributed by atoms with Crippen molar-refractivity contribution in [1.82, 2.24) is 5.32 Å². The highest BCUT2D eigenvalue weighted by molar-refractivity contribution is 9.10. The summed E-state index contributed by atoms with van der Waals surface area (Å²) in [5.74, 6) is 0.216. The number of halogens is 2. The van der Waals surface area contributed by atoms with Gasteiger partial charge in [-0.25, -0.2) is 4.39 Å². The summed E-state index contributed by atoms with van der Waals surface area (Å²) >= 11 is 5.12. The van der Waals surface area contributed by atoms with Crippen molar-refractivity contribution in [2.24, 2.45) is 0 Å². The number of fused-ring (bicyclic) bond motifs is 1. The quantitative estimate of drug-likeness (QED) is 0.815. The lowest BCUT2D eigenvalue weighted by molar-refractivity contribution is 0.413. The Labute approximate surface area is 131 Å². The third kappa shape index (κ3) is 2.45. The maximum absolute atomic E-state index is 14.4. The smallest absolute Gasteiger partial charge is 0.142 e. The molecule has 1 aliphatic carbocycles. The van der Waals surface area contributed by atoms with Gasteiger partial charge in [-0.05, 0) is 65.3 Å². The maximum Gasteiger partial charge on any atom is 0.142 e. The summed E-state index contributed by atoms with van der Waals surface area (Å²) in [6, 6.07) is 7.79. The van der Waals surface area contributed by atoms with Crippen molar-refractivity contribution in [1.29, 1.82) is 0 Å². The van der Waals surface area contributed by atoms with Gasteiger partial charge in [-0.1, -0.05) is 12.1 Å². The highest BCUT2D eigenvalue weighted by Gasteiger charge is 2.30. The van der Waals surface area contributed by atoms with E-state index in [1.807, 2.05) is 30.5 Å². The zero-order valence-corrected chi connectivity index (χ0v) is 13.7. The summed E-state index contributed by atoms with van der Waals surface area (Å²) in [6.45, 7) is 0. The molecule has 1 N–H and O–H groups in total. The van der Waals surface area contributed by atoms with E-state index in [-0.39, 0.29) is 11.9 Å². The lowest BCUT2D eigenvalue weighted by atomic mass is 9.80. The van der Waals surface area contributed by atoms with Crippen LogP contribution in [-0.4, -0.2) is 7.05 Å². The molecule has 1 nitrogen and oxygen atoms in total. The van der Waals surface area contributed by atoms with Crippen molar-refractivity contribution in [3.8, 4) is 0 Å². The van der Waals surface area contributed by atoms with Gasteiger partial charge >= 0.3 is 0 Å². The van der Waals surface area contributed by atoms with Crippen LogP contribution in [0.3, 0.4) is 0 Å². The summed E-state index contributed by atoms with van der Waals surface area (Å²) in [6.07, 6.45) is 3.47. The predicted octanol–water partition coefficient (Wildman–Crippen LogP) is 5.03. The fourth-order valence-electron chi connectivity index (χ4n) is 3.20. The molecule has 0 aliphatic heterocycles. The fourth-order valence-corrected chi connectivity index (χ4v) is 4.58. The van der Waals surface area contributed by atoms with Gasteiger partial charge in [-0.2, -0.15) is 0 Å². The molecule has 20 heavy (non-hydrogen) atoms. The Morgan fingerprint density at radius 3 is 3.05 bits per heavy atom. The monoisotopic (exact) mass is 353 g/mol. The van der Waals surface area contributed by atoms with Gasteiger partial charge < -0.3 is 5.32 Å². The van der Waals surface area contributed by atoms with Gasteiger partial charge in [0.05, 0.1) is 4.47 Å². The number of hydrogen-bond donors (Lipinski definition) is 1. The molecule has 2 atom stereocenters. The molecule has 2 aromatic rings. The second-order valence-electron chi connectivity index (χ2n) is 5.21. The van der Waals surface area contributed by atoms with Crippen LogP contribution in [0, 0.1) is 5.82 Å². The molecule has 1 aromatic carbocycles. The number of rotatable bonds is 3. The van der Waals surface area contributed by atoms with Gasteiger partial charge in [0.25, 0.3) is 0 Å². The average molecular weight is 354 g/mol. The second kappa shape index (κ2) is 5.96. The summed E-state index contributed by atoms with van der Waals surface area (Å²) in [7, 11) is 1.92. The molecule has 3 rings (SSSR count). The van der Waals surface area contributed by atoms with Gasteiger partial charge in [0.2, 0.25) is 0 Å². The molecule has 1 aliphatic rings. The first-order chi connectivity index (χ1) is 9.72. The number of thiophene rings is 1. The van der Waals surface area contributed by atoms with Gasteiger partial charge in [-0.15, -0.1) is 11.3 Å². The zero-order chi connectivity index (χ0) is 14.1. The van der Waals surface area contributed by atoms with E-state index in [0.717, 1.165) is 12.0 Å². The highest BCUT2D eigenvalue weighted by atomic mass is 79.9. The summed E-state index contributed by atoms with van der Waals surface area (Å²) in [4.78, 5) is 1.47. The first-order valence-corrected chi connectivity index (χ1v) is 8.57. The van der Waals surface area contributed by atoms with Crippen molar-refractivity contribution >= 4 is 27.3 Å². The molecule has 106 valence electrons. The second-order valence-corrected chi connectivity index (χ2v) is 7.06. The number of hydrogen-bond acceptors (Lipinski definition) is 2. The normalized spacial score (nSPS) is 19.6. The van der Waals surface area contributed by atoms with Crippen LogP contribution in [-0.2, 0) is 6.42 Å². The summed E-state index contributed by atoms with van der Waals surface area (Å²) < 4.78 is 14.9. The first kappa shape index (κ1) is 14.2. The van der Waals surface area contributed by atoms with Gasteiger partial charge in [0.1, 0.15) is 5.82 Å². The minimum Gasteiger partial charge on any atom is -0.312 e. The Bertz CT molecular complexity index is 610. The summed E-state index contributed by atoms with van der Waals surface area (Å²) in [5, 5.41) is 5.49. The van der Waals surface area contributed by atoms with Crippen LogP contribution in [0.15, 0.2) is 34.1 Å². The Morgan fingerprint density at radius 1 is 1.40 bits per heavy atom. The minimum atomic E-state index is -0.144. The largest absolute Gasteiger partial charge is 0.312 e. The summed E-state index contributed by atoms with van der Waals surface area (Å²) in [5.41, 5.74) is 2.16. The van der Waals surface area contributed by atoms with E-state index in [4.69, 9.17) is 0 Å². The Balaban J connectivity index is 2.02. The van der Waals surface area contributed by atoms with E-state index in [1.165, 1.54) is 23.3 Å². The molecule has 1 heterocycles. The number of nitrogens with one attached hydrogen (secondary N) is 1. The average Bonchev–Trinajstić information content (AvgIpc) is 2.93. The van der Waals surface area contributed by atoms with Crippen molar-refractivity contribution in [2.45, 2.75) is 31.2 Å². The Morgan fingerprint density at radius 2 is 2.25 bits per heavy atom. The van der Waals surface area contributed by atoms with Crippen LogP contribution in [0.1, 0.15) is 40.8 Å². The topological polar surface area (TPSA) is 12.0 Å². The van der Waals surface area contributed by atoms with E-state index >= 15 is 0 Å². The van der Waals surface area contributed by atoms with E-state index in [0.29, 0.717) is 10.4 Å². The van der Waals surface area contributed by atoms with Gasteiger partial charge in [0, 0.05) is 22.4 Å². The third-order valence-corrected chi connectivity index (χ3v) is 5.74. The van der Waals surface area contributed by atoms with Crippen LogP contribution in [0.4, 0.5) is 4.39 Å². The van der Waals surface area contributed by atoms with E-state index in [1.54, 1.807) is 6.07 Å². The molecule has 0 spiro atoms. The van der Waals surface area contributed by atoms with Crippen molar-refractivity contribution in [3.05, 3.63) is 55.9 Å². The molecule has 2 unspecified atom stereocenters. The number of benzene rings is 1. The molecular weight excluding hydrogens is 337 g/mol. The van der Waals surface area contributed by atoms with Gasteiger partial charge in [0.15, 0.2) is 0 Å². The highest BCUT2D eigenvalue weighted by Crippen LogP contribution is 2.43. The van der Waals surface area contributed by atoms with Crippen LogP contribution in [0.25, 0.3) is 0 Å². The van der Waals surface area contributed by atoms with Crippen LogP contribution in [0.2, 0.25) is 0 Å². The van der Waals surface area contributed by atoms with E-state index in [9.17, 15) is 4.39 Å². The molecule has 0 amide bonds. The Kier molecular flexibility index (Phi) is 4.24. The van der Waals surface area contributed by atoms with Crippen LogP contribution in [0.5, 0.6) is 0 Å². The predicted molar refractivity (Wildman–Crippen MR) is 85.9 cm³/mol. The van der Waals surface area contributed by atoms with Crippen LogP contribution >= 0.6 is 27.3 Å². The molecular formula is C16H17BrFNS. The zero-order valence-electron chi connectivity index (χ0n) is 11.3. The molecule has 0 fully saturated rings. The lowest BCUT2D eigenvalue weighted by Crippen LogP contribution is -2.27. The van der Waals surface area contributed by atoms with E-state index in [2.05, 4.69) is 32.7 Å². The third-order valence-electron chi connectivity index (χ3n) is 4.13.